The van der Waals surface area contributed by atoms with Crippen LogP contribution < -0.4 is 5.32 Å². The summed E-state index contributed by atoms with van der Waals surface area (Å²) in [6.45, 7) is 7.02. The molecule has 1 aliphatic rings. The van der Waals surface area contributed by atoms with E-state index >= 15 is 0 Å². The Balaban J connectivity index is 1.84. The molecule has 0 bridgehead atoms. The van der Waals surface area contributed by atoms with Crippen molar-refractivity contribution in [3.63, 3.8) is 0 Å². The second-order valence-corrected chi connectivity index (χ2v) is 5.20. The van der Waals surface area contributed by atoms with Gasteiger partial charge in [0, 0.05) is 6.54 Å². The number of piperidine rings is 1. The van der Waals surface area contributed by atoms with Crippen LogP contribution in [0.15, 0.2) is 24.3 Å². The molecule has 0 amide bonds. The average Bonchev–Trinajstić information content (AvgIpc) is 2.35. The van der Waals surface area contributed by atoms with Crippen molar-refractivity contribution < 1.29 is 0 Å². The van der Waals surface area contributed by atoms with Crippen LogP contribution in [0.2, 0.25) is 0 Å². The van der Waals surface area contributed by atoms with E-state index in [1.807, 2.05) is 0 Å². The second-order valence-electron chi connectivity index (χ2n) is 5.20. The molecule has 0 atom stereocenters. The maximum absolute atomic E-state index is 3.29. The molecule has 1 aromatic carbocycles. The van der Waals surface area contributed by atoms with Gasteiger partial charge in [-0.05, 0) is 63.5 Å². The molecule has 1 aromatic rings. The zero-order chi connectivity index (χ0) is 12.1. The summed E-state index contributed by atoms with van der Waals surface area (Å²) in [5, 5.41) is 3.29. The van der Waals surface area contributed by atoms with Gasteiger partial charge in [-0.2, -0.15) is 0 Å². The SMILES string of the molecule is CNCC1CCN(Cc2ccccc2C)CC1. The normalized spacial score (nSPS) is 18.5. The molecular weight excluding hydrogens is 208 g/mol. The molecule has 1 saturated heterocycles. The minimum absolute atomic E-state index is 0.883. The molecule has 1 aliphatic heterocycles. The Bertz CT molecular complexity index is 341. The summed E-state index contributed by atoms with van der Waals surface area (Å²) >= 11 is 0. The van der Waals surface area contributed by atoms with Crippen LogP contribution in [-0.4, -0.2) is 31.6 Å². The van der Waals surface area contributed by atoms with Crippen molar-refractivity contribution in [2.24, 2.45) is 5.92 Å². The Morgan fingerprint density at radius 1 is 1.24 bits per heavy atom. The highest BCUT2D eigenvalue weighted by atomic mass is 15.1. The minimum atomic E-state index is 0.883. The average molecular weight is 232 g/mol. The Morgan fingerprint density at radius 3 is 2.59 bits per heavy atom. The van der Waals surface area contributed by atoms with Gasteiger partial charge in [0.2, 0.25) is 0 Å². The van der Waals surface area contributed by atoms with E-state index in [-0.39, 0.29) is 0 Å². The number of aryl methyl sites for hydroxylation is 1. The second kappa shape index (κ2) is 6.18. The molecule has 0 radical (unpaired) electrons. The first-order valence-corrected chi connectivity index (χ1v) is 6.71. The molecule has 0 saturated carbocycles. The molecule has 0 unspecified atom stereocenters. The fourth-order valence-corrected chi connectivity index (χ4v) is 2.67. The summed E-state index contributed by atoms with van der Waals surface area (Å²) in [7, 11) is 2.06. The third-order valence-corrected chi connectivity index (χ3v) is 3.86. The molecule has 94 valence electrons. The highest BCUT2D eigenvalue weighted by Crippen LogP contribution is 2.19. The number of hydrogen-bond acceptors (Lipinski definition) is 2. The predicted octanol–water partition coefficient (Wildman–Crippen LogP) is 2.43. The van der Waals surface area contributed by atoms with Crippen LogP contribution in [0, 0.1) is 12.8 Å². The van der Waals surface area contributed by atoms with Crippen molar-refractivity contribution in [2.75, 3.05) is 26.7 Å². The summed E-state index contributed by atoms with van der Waals surface area (Å²) in [6.07, 6.45) is 2.68. The van der Waals surface area contributed by atoms with Crippen LogP contribution in [0.3, 0.4) is 0 Å². The van der Waals surface area contributed by atoms with Gasteiger partial charge in [0.05, 0.1) is 0 Å². The van der Waals surface area contributed by atoms with E-state index in [9.17, 15) is 0 Å². The van der Waals surface area contributed by atoms with Crippen molar-refractivity contribution in [3.8, 4) is 0 Å². The zero-order valence-electron chi connectivity index (χ0n) is 11.1. The lowest BCUT2D eigenvalue weighted by atomic mass is 9.96. The van der Waals surface area contributed by atoms with E-state index in [0.717, 1.165) is 12.5 Å². The van der Waals surface area contributed by atoms with E-state index in [1.165, 1.54) is 43.6 Å². The third-order valence-electron chi connectivity index (χ3n) is 3.86. The van der Waals surface area contributed by atoms with Crippen molar-refractivity contribution in [3.05, 3.63) is 35.4 Å². The summed E-state index contributed by atoms with van der Waals surface area (Å²) < 4.78 is 0. The number of likely N-dealkylation sites (tertiary alicyclic amines) is 1. The summed E-state index contributed by atoms with van der Waals surface area (Å²) in [6, 6.07) is 8.74. The van der Waals surface area contributed by atoms with E-state index in [1.54, 1.807) is 0 Å². The van der Waals surface area contributed by atoms with Crippen LogP contribution in [-0.2, 0) is 6.54 Å². The van der Waals surface area contributed by atoms with Crippen LogP contribution in [0.5, 0.6) is 0 Å². The summed E-state index contributed by atoms with van der Waals surface area (Å²) in [4.78, 5) is 2.59. The monoisotopic (exact) mass is 232 g/mol. The Labute approximate surface area is 105 Å². The minimum Gasteiger partial charge on any atom is -0.319 e. The first-order chi connectivity index (χ1) is 8.29. The van der Waals surface area contributed by atoms with Gasteiger partial charge in [-0.1, -0.05) is 24.3 Å². The summed E-state index contributed by atoms with van der Waals surface area (Å²) in [5.74, 6) is 0.883. The van der Waals surface area contributed by atoms with E-state index < -0.39 is 0 Å². The van der Waals surface area contributed by atoms with Crippen molar-refractivity contribution in [1.82, 2.24) is 10.2 Å². The van der Waals surface area contributed by atoms with Gasteiger partial charge >= 0.3 is 0 Å². The smallest absolute Gasteiger partial charge is 0.0236 e. The van der Waals surface area contributed by atoms with Crippen LogP contribution in [0.1, 0.15) is 24.0 Å². The number of rotatable bonds is 4. The Hall–Kier alpha value is -0.860. The summed E-state index contributed by atoms with van der Waals surface area (Å²) in [5.41, 5.74) is 2.91. The maximum atomic E-state index is 3.29. The number of nitrogens with zero attached hydrogens (tertiary/aromatic N) is 1. The van der Waals surface area contributed by atoms with Crippen molar-refractivity contribution >= 4 is 0 Å². The molecule has 2 nitrogen and oxygen atoms in total. The lowest BCUT2D eigenvalue weighted by Gasteiger charge is -2.32. The zero-order valence-corrected chi connectivity index (χ0v) is 11.1. The molecule has 0 aliphatic carbocycles. The standard InChI is InChI=1S/C15H24N2/c1-13-5-3-4-6-15(13)12-17-9-7-14(8-10-17)11-16-2/h3-6,14,16H,7-12H2,1-2H3. The molecule has 2 rings (SSSR count). The largest absolute Gasteiger partial charge is 0.319 e. The van der Waals surface area contributed by atoms with E-state index in [4.69, 9.17) is 0 Å². The maximum Gasteiger partial charge on any atom is 0.0236 e. The van der Waals surface area contributed by atoms with Gasteiger partial charge in [-0.15, -0.1) is 0 Å². The number of benzene rings is 1. The molecule has 1 heterocycles. The Kier molecular flexibility index (Phi) is 4.57. The van der Waals surface area contributed by atoms with Gasteiger partial charge in [-0.25, -0.2) is 0 Å². The Morgan fingerprint density at radius 2 is 1.94 bits per heavy atom. The van der Waals surface area contributed by atoms with Gasteiger partial charge in [-0.3, -0.25) is 4.90 Å². The van der Waals surface area contributed by atoms with Gasteiger partial charge < -0.3 is 5.32 Å². The molecule has 1 N–H and O–H groups in total. The number of hydrogen-bond donors (Lipinski definition) is 1. The van der Waals surface area contributed by atoms with Gasteiger partial charge in [0.15, 0.2) is 0 Å². The first-order valence-electron chi connectivity index (χ1n) is 6.71. The van der Waals surface area contributed by atoms with Gasteiger partial charge in [0.25, 0.3) is 0 Å². The first kappa shape index (κ1) is 12.6. The van der Waals surface area contributed by atoms with Gasteiger partial charge in [0.1, 0.15) is 0 Å². The quantitative estimate of drug-likeness (QED) is 0.857. The van der Waals surface area contributed by atoms with E-state index in [0.29, 0.717) is 0 Å². The molecule has 1 fully saturated rings. The fraction of sp³-hybridized carbons (Fsp3) is 0.600. The van der Waals surface area contributed by atoms with Crippen molar-refractivity contribution in [1.29, 1.82) is 0 Å². The number of nitrogens with one attached hydrogen (secondary N) is 1. The van der Waals surface area contributed by atoms with Crippen LogP contribution >= 0.6 is 0 Å². The highest BCUT2D eigenvalue weighted by molar-refractivity contribution is 5.25. The van der Waals surface area contributed by atoms with Crippen LogP contribution in [0.25, 0.3) is 0 Å². The molecule has 17 heavy (non-hydrogen) atoms. The fourth-order valence-electron chi connectivity index (χ4n) is 2.67. The molecule has 2 heteroatoms. The van der Waals surface area contributed by atoms with E-state index in [2.05, 4.69) is 48.5 Å². The van der Waals surface area contributed by atoms with Crippen LogP contribution in [0.4, 0.5) is 0 Å². The molecular formula is C15H24N2. The lowest BCUT2D eigenvalue weighted by molar-refractivity contribution is 0.176. The predicted molar refractivity (Wildman–Crippen MR) is 73.1 cm³/mol. The molecule has 0 spiro atoms. The third kappa shape index (κ3) is 3.55. The lowest BCUT2D eigenvalue weighted by Crippen LogP contribution is -2.36. The highest BCUT2D eigenvalue weighted by Gasteiger charge is 2.18. The topological polar surface area (TPSA) is 15.3 Å². The van der Waals surface area contributed by atoms with Crippen molar-refractivity contribution in [2.45, 2.75) is 26.3 Å². The molecule has 0 aromatic heterocycles.